The van der Waals surface area contributed by atoms with E-state index >= 15 is 0 Å². The molecule has 1 aromatic carbocycles. The van der Waals surface area contributed by atoms with Gasteiger partial charge in [-0.3, -0.25) is 14.4 Å². The fourth-order valence-corrected chi connectivity index (χ4v) is 2.99. The van der Waals surface area contributed by atoms with Crippen molar-refractivity contribution in [1.29, 1.82) is 0 Å². The molecule has 1 aliphatic carbocycles. The van der Waals surface area contributed by atoms with Gasteiger partial charge in [0.05, 0.1) is 13.2 Å². The first kappa shape index (κ1) is 18.6. The molecular weight excluding hydrogens is 320 g/mol. The minimum atomic E-state index is -1.40. The van der Waals surface area contributed by atoms with Gasteiger partial charge in [0.2, 0.25) is 0 Å². The zero-order chi connectivity index (χ0) is 18.4. The van der Waals surface area contributed by atoms with Crippen LogP contribution < -0.4 is 0 Å². The Labute approximate surface area is 147 Å². The van der Waals surface area contributed by atoms with Gasteiger partial charge >= 0.3 is 11.9 Å². The van der Waals surface area contributed by atoms with E-state index in [0.29, 0.717) is 11.1 Å². The van der Waals surface area contributed by atoms with Gasteiger partial charge in [-0.2, -0.15) is 0 Å². The highest BCUT2D eigenvalue weighted by atomic mass is 16.6. The third-order valence-corrected chi connectivity index (χ3v) is 4.25. The van der Waals surface area contributed by atoms with Crippen molar-refractivity contribution in [2.45, 2.75) is 26.7 Å². The van der Waals surface area contributed by atoms with Crippen LogP contribution in [0, 0.1) is 5.41 Å². The van der Waals surface area contributed by atoms with Crippen molar-refractivity contribution < 1.29 is 23.9 Å². The van der Waals surface area contributed by atoms with Gasteiger partial charge < -0.3 is 9.47 Å². The third-order valence-electron chi connectivity index (χ3n) is 4.25. The van der Waals surface area contributed by atoms with E-state index in [1.54, 1.807) is 38.1 Å². The number of carbonyl (C=O) groups is 3. The second-order valence-corrected chi connectivity index (χ2v) is 5.90. The SMILES string of the molecule is C=C1CC(C(=O)OCC)(C(=O)OCC)C/C1=C\c1ccccc1C=O. The number of allylic oxidation sites excluding steroid dienone is 2. The van der Waals surface area contributed by atoms with E-state index in [2.05, 4.69) is 6.58 Å². The van der Waals surface area contributed by atoms with Crippen molar-refractivity contribution in [2.24, 2.45) is 5.41 Å². The summed E-state index contributed by atoms with van der Waals surface area (Å²) < 4.78 is 10.2. The second kappa shape index (κ2) is 7.92. The lowest BCUT2D eigenvalue weighted by Crippen LogP contribution is -2.39. The van der Waals surface area contributed by atoms with Crippen molar-refractivity contribution >= 4 is 24.3 Å². The fourth-order valence-electron chi connectivity index (χ4n) is 2.99. The van der Waals surface area contributed by atoms with Crippen LogP contribution in [0.2, 0.25) is 0 Å². The summed E-state index contributed by atoms with van der Waals surface area (Å²) in [6.45, 7) is 7.74. The number of benzene rings is 1. The van der Waals surface area contributed by atoms with Crippen LogP contribution in [0.3, 0.4) is 0 Å². The molecule has 0 atom stereocenters. The van der Waals surface area contributed by atoms with E-state index in [4.69, 9.17) is 9.47 Å². The first-order valence-corrected chi connectivity index (χ1v) is 8.25. The number of carbonyl (C=O) groups excluding carboxylic acids is 3. The lowest BCUT2D eigenvalue weighted by Gasteiger charge is -2.23. The Morgan fingerprint density at radius 1 is 1.08 bits per heavy atom. The van der Waals surface area contributed by atoms with Gasteiger partial charge in [0.15, 0.2) is 11.7 Å². The molecule has 0 unspecified atom stereocenters. The Kier molecular flexibility index (Phi) is 5.91. The first-order chi connectivity index (χ1) is 12.0. The van der Waals surface area contributed by atoms with Crippen LogP contribution in [0.25, 0.3) is 6.08 Å². The zero-order valence-corrected chi connectivity index (χ0v) is 14.5. The fraction of sp³-hybridized carbons (Fsp3) is 0.350. The van der Waals surface area contributed by atoms with Gasteiger partial charge in [-0.1, -0.05) is 42.5 Å². The molecule has 0 N–H and O–H groups in total. The van der Waals surface area contributed by atoms with Crippen molar-refractivity contribution in [2.75, 3.05) is 13.2 Å². The Hall–Kier alpha value is -2.69. The van der Waals surface area contributed by atoms with Gasteiger partial charge in [-0.25, -0.2) is 0 Å². The van der Waals surface area contributed by atoms with Crippen LogP contribution in [0.15, 0.2) is 42.0 Å². The smallest absolute Gasteiger partial charge is 0.324 e. The molecule has 0 saturated heterocycles. The molecule has 0 amide bonds. The number of esters is 2. The third kappa shape index (κ3) is 3.71. The average Bonchev–Trinajstić information content (AvgIpc) is 2.94. The molecule has 132 valence electrons. The highest BCUT2D eigenvalue weighted by molar-refractivity contribution is 6.02. The number of aldehydes is 1. The summed E-state index contributed by atoms with van der Waals surface area (Å²) in [5, 5.41) is 0. The largest absolute Gasteiger partial charge is 0.465 e. The molecule has 0 heterocycles. The maximum absolute atomic E-state index is 12.5. The Bertz CT molecular complexity index is 711. The van der Waals surface area contributed by atoms with Crippen LogP contribution in [0.5, 0.6) is 0 Å². The Morgan fingerprint density at radius 2 is 1.64 bits per heavy atom. The predicted octanol–water partition coefficient (Wildman–Crippen LogP) is 3.35. The van der Waals surface area contributed by atoms with Crippen LogP contribution in [0.4, 0.5) is 0 Å². The van der Waals surface area contributed by atoms with E-state index in [0.717, 1.165) is 17.4 Å². The Balaban J connectivity index is 2.42. The number of hydrogen-bond donors (Lipinski definition) is 0. The second-order valence-electron chi connectivity index (χ2n) is 5.90. The summed E-state index contributed by atoms with van der Waals surface area (Å²) in [5.41, 5.74) is 1.27. The van der Waals surface area contributed by atoms with Crippen molar-refractivity contribution in [3.8, 4) is 0 Å². The van der Waals surface area contributed by atoms with Crippen molar-refractivity contribution in [1.82, 2.24) is 0 Å². The minimum Gasteiger partial charge on any atom is -0.465 e. The summed E-state index contributed by atoms with van der Waals surface area (Å²) in [6.07, 6.45) is 2.87. The molecule has 0 bridgehead atoms. The molecule has 1 saturated carbocycles. The van der Waals surface area contributed by atoms with Crippen LogP contribution in [-0.4, -0.2) is 31.4 Å². The summed E-state index contributed by atoms with van der Waals surface area (Å²) >= 11 is 0. The summed E-state index contributed by atoms with van der Waals surface area (Å²) in [4.78, 5) is 36.2. The maximum atomic E-state index is 12.5. The van der Waals surface area contributed by atoms with Gasteiger partial charge in [0.1, 0.15) is 0 Å². The topological polar surface area (TPSA) is 69.7 Å². The van der Waals surface area contributed by atoms with Crippen LogP contribution >= 0.6 is 0 Å². The lowest BCUT2D eigenvalue weighted by molar-refractivity contribution is -0.171. The molecule has 0 spiro atoms. The van der Waals surface area contributed by atoms with E-state index in [1.165, 1.54) is 0 Å². The van der Waals surface area contributed by atoms with Gasteiger partial charge in [0, 0.05) is 5.56 Å². The first-order valence-electron chi connectivity index (χ1n) is 8.25. The van der Waals surface area contributed by atoms with E-state index in [9.17, 15) is 14.4 Å². The molecule has 2 rings (SSSR count). The quantitative estimate of drug-likeness (QED) is 0.450. The van der Waals surface area contributed by atoms with Crippen LogP contribution in [0.1, 0.15) is 42.6 Å². The van der Waals surface area contributed by atoms with E-state index in [1.807, 2.05) is 6.07 Å². The molecule has 0 aromatic heterocycles. The van der Waals surface area contributed by atoms with Gasteiger partial charge in [-0.15, -0.1) is 0 Å². The highest BCUT2D eigenvalue weighted by Gasteiger charge is 2.53. The van der Waals surface area contributed by atoms with E-state index in [-0.39, 0.29) is 26.1 Å². The van der Waals surface area contributed by atoms with Crippen molar-refractivity contribution in [3.63, 3.8) is 0 Å². The van der Waals surface area contributed by atoms with Gasteiger partial charge in [-0.05, 0) is 37.8 Å². The maximum Gasteiger partial charge on any atom is 0.324 e. The molecule has 0 radical (unpaired) electrons. The molecule has 5 heteroatoms. The average molecular weight is 342 g/mol. The molecule has 5 nitrogen and oxygen atoms in total. The molecular formula is C20H22O5. The molecule has 25 heavy (non-hydrogen) atoms. The zero-order valence-electron chi connectivity index (χ0n) is 14.5. The molecule has 1 fully saturated rings. The number of ether oxygens (including phenoxy) is 2. The van der Waals surface area contributed by atoms with Crippen LogP contribution in [-0.2, 0) is 19.1 Å². The Morgan fingerprint density at radius 3 is 2.16 bits per heavy atom. The number of rotatable bonds is 6. The summed E-state index contributed by atoms with van der Waals surface area (Å²) in [7, 11) is 0. The number of hydrogen-bond acceptors (Lipinski definition) is 5. The standard InChI is InChI=1S/C20H22O5/c1-4-24-18(22)20(19(23)25-5-2)11-14(3)17(12-20)10-15-8-6-7-9-16(15)13-21/h6-10,13H,3-5,11-12H2,1-2H3/b17-10+. The minimum absolute atomic E-state index is 0.149. The highest BCUT2D eigenvalue weighted by Crippen LogP contribution is 2.47. The molecule has 1 aliphatic rings. The normalized spacial score (nSPS) is 17.4. The lowest BCUT2D eigenvalue weighted by atomic mass is 9.85. The van der Waals surface area contributed by atoms with Gasteiger partial charge in [0.25, 0.3) is 0 Å². The summed E-state index contributed by atoms with van der Waals surface area (Å²) in [5.74, 6) is -1.19. The summed E-state index contributed by atoms with van der Waals surface area (Å²) in [6, 6.07) is 7.11. The monoisotopic (exact) mass is 342 g/mol. The van der Waals surface area contributed by atoms with E-state index < -0.39 is 17.4 Å². The molecule has 1 aromatic rings. The van der Waals surface area contributed by atoms with Crippen molar-refractivity contribution in [3.05, 3.63) is 53.1 Å². The molecule has 0 aliphatic heterocycles. The predicted molar refractivity (Wildman–Crippen MR) is 93.9 cm³/mol.